The number of hydrogen-bond donors (Lipinski definition) is 0. The molecule has 4 rings (SSSR count). The predicted molar refractivity (Wildman–Crippen MR) is 87.3 cm³/mol. The van der Waals surface area contributed by atoms with Crippen molar-refractivity contribution in [3.63, 3.8) is 0 Å². The van der Waals surface area contributed by atoms with E-state index in [1.54, 1.807) is 18.7 Å². The van der Waals surface area contributed by atoms with Gasteiger partial charge in [0, 0.05) is 31.7 Å². The van der Waals surface area contributed by atoms with Gasteiger partial charge in [-0.3, -0.25) is 9.36 Å². The van der Waals surface area contributed by atoms with Gasteiger partial charge in [0.2, 0.25) is 0 Å². The van der Waals surface area contributed by atoms with Gasteiger partial charge in [-0.05, 0) is 36.8 Å². The van der Waals surface area contributed by atoms with E-state index in [9.17, 15) is 4.79 Å². The summed E-state index contributed by atoms with van der Waals surface area (Å²) in [5.41, 5.74) is 0.683. The molecule has 5 heteroatoms. The monoisotopic (exact) mass is 310 g/mol. The van der Waals surface area contributed by atoms with Crippen LogP contribution in [-0.4, -0.2) is 38.4 Å². The van der Waals surface area contributed by atoms with Crippen LogP contribution in [0.15, 0.2) is 37.1 Å². The number of carbonyl (C=O) groups excluding carboxylic acids is 1. The molecule has 23 heavy (non-hydrogen) atoms. The van der Waals surface area contributed by atoms with Crippen molar-refractivity contribution in [1.29, 1.82) is 0 Å². The van der Waals surface area contributed by atoms with Gasteiger partial charge in [0.1, 0.15) is 12.1 Å². The smallest absolute Gasteiger partial charge is 0.255 e. The molecule has 0 radical (unpaired) electrons. The summed E-state index contributed by atoms with van der Waals surface area (Å²) in [5.74, 6) is 2.46. The summed E-state index contributed by atoms with van der Waals surface area (Å²) in [7, 11) is 0. The Hall–Kier alpha value is -2.17. The molecule has 2 aliphatic rings. The lowest BCUT2D eigenvalue weighted by Gasteiger charge is -2.41. The molecule has 3 heterocycles. The van der Waals surface area contributed by atoms with Crippen LogP contribution < -0.4 is 0 Å². The minimum absolute atomic E-state index is 0.124. The molecule has 120 valence electrons. The highest BCUT2D eigenvalue weighted by Gasteiger charge is 2.33. The first-order valence-corrected chi connectivity index (χ1v) is 8.55. The molecule has 1 aliphatic heterocycles. The molecule has 2 fully saturated rings. The van der Waals surface area contributed by atoms with Gasteiger partial charge in [0.15, 0.2) is 0 Å². The fraction of sp³-hybridized carbons (Fsp3) is 0.500. The lowest BCUT2D eigenvalue weighted by atomic mass is 9.75. The van der Waals surface area contributed by atoms with E-state index in [1.807, 2.05) is 27.8 Å². The van der Waals surface area contributed by atoms with E-state index in [0.717, 1.165) is 31.2 Å². The van der Waals surface area contributed by atoms with E-state index in [4.69, 9.17) is 0 Å². The van der Waals surface area contributed by atoms with Crippen LogP contribution in [0.2, 0.25) is 0 Å². The van der Waals surface area contributed by atoms with Gasteiger partial charge in [-0.25, -0.2) is 9.97 Å². The van der Waals surface area contributed by atoms with E-state index >= 15 is 0 Å². The van der Waals surface area contributed by atoms with Gasteiger partial charge in [0.05, 0.1) is 5.56 Å². The second kappa shape index (κ2) is 6.14. The lowest BCUT2D eigenvalue weighted by molar-refractivity contribution is 0.0520. The first-order chi connectivity index (χ1) is 11.3. The van der Waals surface area contributed by atoms with Gasteiger partial charge in [-0.2, -0.15) is 0 Å². The Bertz CT molecular complexity index is 665. The average Bonchev–Trinajstić information content (AvgIpc) is 3.15. The summed E-state index contributed by atoms with van der Waals surface area (Å²) < 4.78 is 1.84. The van der Waals surface area contributed by atoms with E-state index in [2.05, 4.69) is 9.97 Å². The largest absolute Gasteiger partial charge is 0.338 e. The van der Waals surface area contributed by atoms with Crippen molar-refractivity contribution in [3.8, 4) is 5.82 Å². The summed E-state index contributed by atoms with van der Waals surface area (Å²) in [4.78, 5) is 23.2. The maximum Gasteiger partial charge on any atom is 0.255 e. The van der Waals surface area contributed by atoms with Crippen molar-refractivity contribution in [2.75, 3.05) is 13.1 Å². The minimum Gasteiger partial charge on any atom is -0.338 e. The van der Waals surface area contributed by atoms with Crippen LogP contribution in [0.25, 0.3) is 5.82 Å². The van der Waals surface area contributed by atoms with Crippen LogP contribution in [0.4, 0.5) is 0 Å². The second-order valence-corrected chi connectivity index (χ2v) is 6.72. The lowest BCUT2D eigenvalue weighted by Crippen LogP contribution is -2.44. The maximum atomic E-state index is 12.7. The van der Waals surface area contributed by atoms with Crippen LogP contribution in [0.3, 0.4) is 0 Å². The first kappa shape index (κ1) is 14.4. The molecule has 0 aromatic carbocycles. The summed E-state index contributed by atoms with van der Waals surface area (Å²) in [6.45, 7) is 1.82. The SMILES string of the molecule is O=C(c1ccc(-n2ccnc2)nc1)N1CCC2CCCCC2C1. The highest BCUT2D eigenvalue weighted by Crippen LogP contribution is 2.36. The van der Waals surface area contributed by atoms with Crippen molar-refractivity contribution in [2.24, 2.45) is 11.8 Å². The van der Waals surface area contributed by atoms with Gasteiger partial charge >= 0.3 is 0 Å². The Labute approximate surface area is 136 Å². The van der Waals surface area contributed by atoms with E-state index in [0.29, 0.717) is 11.5 Å². The van der Waals surface area contributed by atoms with Crippen molar-refractivity contribution < 1.29 is 4.79 Å². The number of fused-ring (bicyclic) bond motifs is 1. The molecule has 5 nitrogen and oxygen atoms in total. The molecular weight excluding hydrogens is 288 g/mol. The quantitative estimate of drug-likeness (QED) is 0.857. The number of piperidine rings is 1. The number of hydrogen-bond acceptors (Lipinski definition) is 3. The van der Waals surface area contributed by atoms with Crippen LogP contribution in [0.1, 0.15) is 42.5 Å². The summed E-state index contributed by atoms with van der Waals surface area (Å²) in [5, 5.41) is 0. The molecule has 1 amide bonds. The number of pyridine rings is 1. The minimum atomic E-state index is 0.124. The van der Waals surface area contributed by atoms with Crippen molar-refractivity contribution in [3.05, 3.63) is 42.6 Å². The number of rotatable bonds is 2. The van der Waals surface area contributed by atoms with Crippen LogP contribution in [-0.2, 0) is 0 Å². The number of nitrogens with zero attached hydrogens (tertiary/aromatic N) is 4. The van der Waals surface area contributed by atoms with E-state index in [-0.39, 0.29) is 5.91 Å². The van der Waals surface area contributed by atoms with Crippen molar-refractivity contribution >= 4 is 5.91 Å². The van der Waals surface area contributed by atoms with Gasteiger partial charge < -0.3 is 4.90 Å². The average molecular weight is 310 g/mol. The second-order valence-electron chi connectivity index (χ2n) is 6.72. The van der Waals surface area contributed by atoms with Crippen LogP contribution >= 0.6 is 0 Å². The Morgan fingerprint density at radius 2 is 2.00 bits per heavy atom. The molecule has 0 spiro atoms. The number of aromatic nitrogens is 3. The standard InChI is InChI=1S/C18H22N4O/c23-18(21-9-7-14-3-1-2-4-16(14)12-21)15-5-6-17(20-11-15)22-10-8-19-13-22/h5-6,8,10-11,13-14,16H,1-4,7,9,12H2. The fourth-order valence-corrected chi connectivity index (χ4v) is 4.03. The molecule has 0 bridgehead atoms. The summed E-state index contributed by atoms with van der Waals surface area (Å²) >= 11 is 0. The van der Waals surface area contributed by atoms with Gasteiger partial charge in [-0.15, -0.1) is 0 Å². The molecule has 2 atom stereocenters. The predicted octanol–water partition coefficient (Wildman–Crippen LogP) is 2.92. The molecule has 2 unspecified atom stereocenters. The third-order valence-corrected chi connectivity index (χ3v) is 5.34. The molecular formula is C18H22N4O. The van der Waals surface area contributed by atoms with E-state index < -0.39 is 0 Å². The Morgan fingerprint density at radius 3 is 2.74 bits per heavy atom. The Kier molecular flexibility index (Phi) is 3.85. The van der Waals surface area contributed by atoms with E-state index in [1.165, 1.54) is 25.7 Å². The zero-order chi connectivity index (χ0) is 15.6. The zero-order valence-corrected chi connectivity index (χ0v) is 13.3. The number of amides is 1. The van der Waals surface area contributed by atoms with Crippen molar-refractivity contribution in [1.82, 2.24) is 19.4 Å². The zero-order valence-electron chi connectivity index (χ0n) is 13.3. The summed E-state index contributed by atoms with van der Waals surface area (Å²) in [6, 6.07) is 3.75. The highest BCUT2D eigenvalue weighted by atomic mass is 16.2. The Morgan fingerprint density at radius 1 is 1.13 bits per heavy atom. The number of likely N-dealkylation sites (tertiary alicyclic amines) is 1. The third kappa shape index (κ3) is 2.87. The van der Waals surface area contributed by atoms with Crippen LogP contribution in [0, 0.1) is 11.8 Å². The van der Waals surface area contributed by atoms with Crippen molar-refractivity contribution in [2.45, 2.75) is 32.1 Å². The molecule has 2 aromatic rings. The topological polar surface area (TPSA) is 51.0 Å². The normalized spacial score (nSPS) is 24.3. The molecule has 1 aliphatic carbocycles. The molecule has 2 aromatic heterocycles. The maximum absolute atomic E-state index is 12.7. The number of carbonyl (C=O) groups is 1. The highest BCUT2D eigenvalue weighted by molar-refractivity contribution is 5.94. The third-order valence-electron chi connectivity index (χ3n) is 5.34. The van der Waals surface area contributed by atoms with Crippen LogP contribution in [0.5, 0.6) is 0 Å². The fourth-order valence-electron chi connectivity index (χ4n) is 4.03. The number of imidazole rings is 1. The molecule has 1 saturated carbocycles. The van der Waals surface area contributed by atoms with Gasteiger partial charge in [-0.1, -0.05) is 19.3 Å². The molecule has 0 N–H and O–H groups in total. The molecule has 1 saturated heterocycles. The first-order valence-electron chi connectivity index (χ1n) is 8.55. The summed E-state index contributed by atoms with van der Waals surface area (Å²) in [6.07, 6.45) is 13.4. The Balaban J connectivity index is 1.46. The van der Waals surface area contributed by atoms with Gasteiger partial charge in [0.25, 0.3) is 5.91 Å².